The number of halogens is 1. The van der Waals surface area contributed by atoms with Gasteiger partial charge in [-0.1, -0.05) is 54.1 Å². The van der Waals surface area contributed by atoms with Gasteiger partial charge in [-0.3, -0.25) is 4.90 Å². The highest BCUT2D eigenvalue weighted by Crippen LogP contribution is 2.30. The summed E-state index contributed by atoms with van der Waals surface area (Å²) < 4.78 is 1.86. The van der Waals surface area contributed by atoms with E-state index in [4.69, 9.17) is 11.6 Å². The molecule has 140 valence electrons. The van der Waals surface area contributed by atoms with Crippen molar-refractivity contribution in [3.8, 4) is 0 Å². The standard InChI is InChI=1S/C20H22ClN5O/c21-17-8-6-16(7-9-17)19(25-12-10-18(27)11-13-25)20-22-23-24-26(20)14-15-4-2-1-3-5-15/h1-9,18-19,27H,10-14H2/t19-/m0/s1. The Balaban J connectivity index is 1.69. The fraction of sp³-hybridized carbons (Fsp3) is 0.350. The number of aromatic nitrogens is 4. The summed E-state index contributed by atoms with van der Waals surface area (Å²) in [6.45, 7) is 2.21. The predicted molar refractivity (Wildman–Crippen MR) is 103 cm³/mol. The zero-order valence-electron chi connectivity index (χ0n) is 14.9. The lowest BCUT2D eigenvalue weighted by Gasteiger charge is -2.35. The maximum atomic E-state index is 9.91. The van der Waals surface area contributed by atoms with E-state index in [0.717, 1.165) is 42.9 Å². The largest absolute Gasteiger partial charge is 0.393 e. The van der Waals surface area contributed by atoms with Crippen molar-refractivity contribution in [2.75, 3.05) is 13.1 Å². The number of piperidine rings is 1. The van der Waals surface area contributed by atoms with Gasteiger partial charge in [-0.05, 0) is 46.5 Å². The van der Waals surface area contributed by atoms with Crippen molar-refractivity contribution >= 4 is 11.6 Å². The number of aliphatic hydroxyl groups is 1. The van der Waals surface area contributed by atoms with Crippen LogP contribution < -0.4 is 0 Å². The Labute approximate surface area is 163 Å². The van der Waals surface area contributed by atoms with Crippen LogP contribution >= 0.6 is 11.6 Å². The van der Waals surface area contributed by atoms with Gasteiger partial charge in [-0.15, -0.1) is 5.10 Å². The molecule has 0 unspecified atom stereocenters. The molecule has 1 aliphatic rings. The Morgan fingerprint density at radius 3 is 2.44 bits per heavy atom. The average molecular weight is 384 g/mol. The number of rotatable bonds is 5. The van der Waals surface area contributed by atoms with E-state index < -0.39 is 0 Å². The van der Waals surface area contributed by atoms with E-state index in [1.165, 1.54) is 0 Å². The number of tetrazole rings is 1. The molecule has 0 aliphatic carbocycles. The maximum absolute atomic E-state index is 9.91. The molecular weight excluding hydrogens is 362 g/mol. The van der Waals surface area contributed by atoms with Crippen LogP contribution in [-0.2, 0) is 6.54 Å². The number of hydrogen-bond donors (Lipinski definition) is 1. The van der Waals surface area contributed by atoms with Crippen molar-refractivity contribution in [3.05, 3.63) is 76.6 Å². The molecule has 1 aliphatic heterocycles. The molecular formula is C20H22ClN5O. The van der Waals surface area contributed by atoms with Gasteiger partial charge in [0.15, 0.2) is 5.82 Å². The Hall–Kier alpha value is -2.28. The van der Waals surface area contributed by atoms with Crippen molar-refractivity contribution in [3.63, 3.8) is 0 Å². The van der Waals surface area contributed by atoms with Gasteiger partial charge in [0.25, 0.3) is 0 Å². The summed E-state index contributed by atoms with van der Waals surface area (Å²) in [6, 6.07) is 17.9. The van der Waals surface area contributed by atoms with Gasteiger partial charge in [-0.25, -0.2) is 4.68 Å². The lowest BCUT2D eigenvalue weighted by Crippen LogP contribution is -2.40. The third kappa shape index (κ3) is 4.18. The smallest absolute Gasteiger partial charge is 0.173 e. The van der Waals surface area contributed by atoms with Crippen LogP contribution in [0.4, 0.5) is 0 Å². The topological polar surface area (TPSA) is 67.1 Å². The first-order chi connectivity index (χ1) is 13.2. The summed E-state index contributed by atoms with van der Waals surface area (Å²) >= 11 is 6.09. The Kier molecular flexibility index (Phi) is 5.48. The summed E-state index contributed by atoms with van der Waals surface area (Å²) in [5.74, 6) is 0.803. The zero-order valence-corrected chi connectivity index (χ0v) is 15.7. The second-order valence-corrected chi connectivity index (χ2v) is 7.34. The van der Waals surface area contributed by atoms with E-state index in [1.54, 1.807) is 0 Å². The Bertz CT molecular complexity index is 860. The van der Waals surface area contributed by atoms with Gasteiger partial charge in [-0.2, -0.15) is 0 Å². The fourth-order valence-corrected chi connectivity index (χ4v) is 3.71. The summed E-state index contributed by atoms with van der Waals surface area (Å²) in [6.07, 6.45) is 1.28. The van der Waals surface area contributed by atoms with Crippen LogP contribution in [0.15, 0.2) is 54.6 Å². The maximum Gasteiger partial charge on any atom is 0.173 e. The van der Waals surface area contributed by atoms with Gasteiger partial charge in [0.05, 0.1) is 18.7 Å². The van der Waals surface area contributed by atoms with E-state index in [0.29, 0.717) is 11.6 Å². The van der Waals surface area contributed by atoms with Crippen molar-refractivity contribution < 1.29 is 5.11 Å². The van der Waals surface area contributed by atoms with Gasteiger partial charge in [0.2, 0.25) is 0 Å². The van der Waals surface area contributed by atoms with E-state index >= 15 is 0 Å². The third-order valence-electron chi connectivity index (χ3n) is 5.03. The molecule has 6 nitrogen and oxygen atoms in total. The minimum absolute atomic E-state index is 0.0755. The first-order valence-electron chi connectivity index (χ1n) is 9.18. The van der Waals surface area contributed by atoms with E-state index in [-0.39, 0.29) is 12.1 Å². The van der Waals surface area contributed by atoms with Crippen LogP contribution in [0.25, 0.3) is 0 Å². The second-order valence-electron chi connectivity index (χ2n) is 6.90. The molecule has 2 aromatic carbocycles. The quantitative estimate of drug-likeness (QED) is 0.733. The second kappa shape index (κ2) is 8.17. The van der Waals surface area contributed by atoms with Crippen molar-refractivity contribution in [2.24, 2.45) is 0 Å². The molecule has 1 saturated heterocycles. The van der Waals surface area contributed by atoms with E-state index in [2.05, 4.69) is 32.6 Å². The number of aliphatic hydroxyl groups excluding tert-OH is 1. The SMILES string of the molecule is OC1CCN([C@@H](c2ccc(Cl)cc2)c2nnnn2Cc2ccccc2)CC1. The highest BCUT2D eigenvalue weighted by atomic mass is 35.5. The molecule has 1 N–H and O–H groups in total. The lowest BCUT2D eigenvalue weighted by molar-refractivity contribution is 0.0662. The summed E-state index contributed by atoms with van der Waals surface area (Å²) in [7, 11) is 0. The van der Waals surface area contributed by atoms with Crippen molar-refractivity contribution in [2.45, 2.75) is 31.5 Å². The van der Waals surface area contributed by atoms with Crippen molar-refractivity contribution in [1.82, 2.24) is 25.1 Å². The predicted octanol–water partition coefficient (Wildman–Crippen LogP) is 2.92. The summed E-state index contributed by atoms with van der Waals surface area (Å²) in [4.78, 5) is 2.34. The normalized spacial score (nSPS) is 17.1. The summed E-state index contributed by atoms with van der Waals surface area (Å²) in [5, 5.41) is 23.2. The molecule has 2 heterocycles. The lowest BCUT2D eigenvalue weighted by atomic mass is 10.00. The van der Waals surface area contributed by atoms with Gasteiger partial charge >= 0.3 is 0 Å². The first-order valence-corrected chi connectivity index (χ1v) is 9.56. The van der Waals surface area contributed by atoms with Gasteiger partial charge in [0.1, 0.15) is 0 Å². The molecule has 7 heteroatoms. The molecule has 0 saturated carbocycles. The molecule has 1 atom stereocenters. The van der Waals surface area contributed by atoms with E-state index in [1.807, 2.05) is 47.1 Å². The van der Waals surface area contributed by atoms with Crippen LogP contribution in [0, 0.1) is 0 Å². The number of hydrogen-bond acceptors (Lipinski definition) is 5. The monoisotopic (exact) mass is 383 g/mol. The Morgan fingerprint density at radius 2 is 1.74 bits per heavy atom. The van der Waals surface area contributed by atoms with Crippen LogP contribution in [0.2, 0.25) is 5.02 Å². The minimum atomic E-state index is -0.229. The van der Waals surface area contributed by atoms with Gasteiger partial charge < -0.3 is 5.11 Å². The van der Waals surface area contributed by atoms with Gasteiger partial charge in [0, 0.05) is 18.1 Å². The molecule has 0 radical (unpaired) electrons. The van der Waals surface area contributed by atoms with Crippen molar-refractivity contribution in [1.29, 1.82) is 0 Å². The molecule has 1 aromatic heterocycles. The van der Waals surface area contributed by atoms with Crippen LogP contribution in [0.1, 0.15) is 35.8 Å². The highest BCUT2D eigenvalue weighted by Gasteiger charge is 2.30. The summed E-state index contributed by atoms with van der Waals surface area (Å²) in [5.41, 5.74) is 2.25. The number of nitrogens with zero attached hydrogens (tertiary/aromatic N) is 5. The zero-order chi connectivity index (χ0) is 18.6. The van der Waals surface area contributed by atoms with Crippen LogP contribution in [-0.4, -0.2) is 49.4 Å². The Morgan fingerprint density at radius 1 is 1.04 bits per heavy atom. The first kappa shape index (κ1) is 18.1. The molecule has 0 spiro atoms. The molecule has 0 bridgehead atoms. The fourth-order valence-electron chi connectivity index (χ4n) is 3.59. The third-order valence-corrected chi connectivity index (χ3v) is 5.28. The highest BCUT2D eigenvalue weighted by molar-refractivity contribution is 6.30. The molecule has 27 heavy (non-hydrogen) atoms. The minimum Gasteiger partial charge on any atom is -0.393 e. The average Bonchev–Trinajstić information content (AvgIpc) is 3.13. The molecule has 1 fully saturated rings. The number of benzene rings is 2. The number of likely N-dealkylation sites (tertiary alicyclic amines) is 1. The molecule has 4 rings (SSSR count). The molecule has 3 aromatic rings. The van der Waals surface area contributed by atoms with Crippen LogP contribution in [0.5, 0.6) is 0 Å². The van der Waals surface area contributed by atoms with E-state index in [9.17, 15) is 5.11 Å². The van der Waals surface area contributed by atoms with Crippen LogP contribution in [0.3, 0.4) is 0 Å². The molecule has 0 amide bonds.